The molecule has 0 aliphatic carbocycles. The number of likely N-dealkylation sites (tertiary alicyclic amines) is 1. The van der Waals surface area contributed by atoms with Crippen LogP contribution in [0.4, 0.5) is 0 Å². The number of piperidine rings is 1. The monoisotopic (exact) mass is 417 g/mol. The third-order valence-electron chi connectivity index (χ3n) is 5.63. The van der Waals surface area contributed by atoms with Crippen LogP contribution >= 0.6 is 23.1 Å². The van der Waals surface area contributed by atoms with Gasteiger partial charge in [0, 0.05) is 23.4 Å². The van der Waals surface area contributed by atoms with Crippen LogP contribution in [0.5, 0.6) is 0 Å². The summed E-state index contributed by atoms with van der Waals surface area (Å²) in [5, 5.41) is 10.8. The van der Waals surface area contributed by atoms with Gasteiger partial charge >= 0.3 is 0 Å². The molecule has 8 heteroatoms. The van der Waals surface area contributed by atoms with Gasteiger partial charge in [-0.15, -0.1) is 21.5 Å². The van der Waals surface area contributed by atoms with E-state index in [2.05, 4.69) is 49.2 Å². The Bertz CT molecular complexity index is 1040. The molecule has 0 saturated carbocycles. The van der Waals surface area contributed by atoms with E-state index >= 15 is 0 Å². The van der Waals surface area contributed by atoms with Crippen LogP contribution in [0.25, 0.3) is 15.9 Å². The second kappa shape index (κ2) is 7.63. The van der Waals surface area contributed by atoms with E-state index in [1.54, 1.807) is 11.3 Å². The minimum Gasteiger partial charge on any atom is -0.339 e. The fraction of sp³-hybridized carbons (Fsp3) is 0.600. The summed E-state index contributed by atoms with van der Waals surface area (Å²) in [6.45, 7) is 11.5. The van der Waals surface area contributed by atoms with Gasteiger partial charge in [0.25, 0.3) is 0 Å². The van der Waals surface area contributed by atoms with E-state index in [9.17, 15) is 4.79 Å². The Morgan fingerprint density at radius 3 is 2.79 bits per heavy atom. The lowest BCUT2D eigenvalue weighted by Gasteiger charge is -2.33. The number of hydrogen-bond donors (Lipinski definition) is 0. The lowest BCUT2D eigenvalue weighted by atomic mass is 10.0. The van der Waals surface area contributed by atoms with Gasteiger partial charge in [0.1, 0.15) is 10.7 Å². The van der Waals surface area contributed by atoms with Crippen LogP contribution < -0.4 is 0 Å². The summed E-state index contributed by atoms with van der Waals surface area (Å²) >= 11 is 3.19. The Morgan fingerprint density at radius 1 is 1.29 bits per heavy atom. The molecule has 1 fully saturated rings. The number of fused-ring (bicyclic) bond motifs is 3. The second-order valence-electron chi connectivity index (χ2n) is 7.95. The lowest BCUT2D eigenvalue weighted by Crippen LogP contribution is -2.42. The predicted octanol–water partition coefficient (Wildman–Crippen LogP) is 4.57. The predicted molar refractivity (Wildman–Crippen MR) is 115 cm³/mol. The van der Waals surface area contributed by atoms with Crippen molar-refractivity contribution < 1.29 is 4.79 Å². The highest BCUT2D eigenvalue weighted by atomic mass is 32.2. The molecule has 1 atom stereocenters. The molecular weight excluding hydrogens is 390 g/mol. The van der Waals surface area contributed by atoms with Crippen LogP contribution in [0.2, 0.25) is 0 Å². The van der Waals surface area contributed by atoms with Crippen molar-refractivity contribution in [1.82, 2.24) is 24.5 Å². The van der Waals surface area contributed by atoms with Crippen molar-refractivity contribution in [3.63, 3.8) is 0 Å². The summed E-state index contributed by atoms with van der Waals surface area (Å²) < 4.78 is 2.06. The maximum atomic E-state index is 12.8. The molecule has 4 heterocycles. The van der Waals surface area contributed by atoms with Gasteiger partial charge in [-0.25, -0.2) is 4.98 Å². The zero-order chi connectivity index (χ0) is 20.0. The SMILES string of the molecule is Cc1sc2nc(C(C)C)n3c(SCC(=O)N4CCCC[C@@H]4C)nnc3c2c1C. The number of nitrogens with zero attached hydrogens (tertiary/aromatic N) is 5. The first-order chi connectivity index (χ1) is 13.4. The highest BCUT2D eigenvalue weighted by Gasteiger charge is 2.25. The molecule has 6 nitrogen and oxygen atoms in total. The highest BCUT2D eigenvalue weighted by Crippen LogP contribution is 2.34. The van der Waals surface area contributed by atoms with E-state index < -0.39 is 0 Å². The second-order valence-corrected chi connectivity index (χ2v) is 10.1. The summed E-state index contributed by atoms with van der Waals surface area (Å²) in [6, 6.07) is 0.334. The number of hydrogen-bond acceptors (Lipinski definition) is 6. The molecule has 1 aliphatic heterocycles. The van der Waals surface area contributed by atoms with Crippen LogP contribution in [-0.4, -0.2) is 48.7 Å². The molecule has 0 N–H and O–H groups in total. The maximum Gasteiger partial charge on any atom is 0.233 e. The molecule has 1 saturated heterocycles. The molecule has 3 aromatic heterocycles. The third-order valence-corrected chi connectivity index (χ3v) is 7.65. The Hall–Kier alpha value is -1.67. The summed E-state index contributed by atoms with van der Waals surface area (Å²) in [6.07, 6.45) is 3.41. The molecule has 150 valence electrons. The van der Waals surface area contributed by atoms with Crippen LogP contribution in [0.15, 0.2) is 5.16 Å². The van der Waals surface area contributed by atoms with Crippen molar-refractivity contribution in [1.29, 1.82) is 0 Å². The van der Waals surface area contributed by atoms with E-state index in [4.69, 9.17) is 4.98 Å². The first kappa shape index (κ1) is 19.6. The Kier molecular flexibility index (Phi) is 5.35. The maximum absolute atomic E-state index is 12.8. The molecule has 28 heavy (non-hydrogen) atoms. The molecular formula is C20H27N5OS2. The molecule has 4 rings (SSSR count). The molecule has 0 spiro atoms. The summed E-state index contributed by atoms with van der Waals surface area (Å²) in [5.74, 6) is 1.77. The zero-order valence-corrected chi connectivity index (χ0v) is 18.8. The minimum atomic E-state index is 0.191. The molecule has 1 aliphatic rings. The van der Waals surface area contributed by atoms with Gasteiger partial charge < -0.3 is 4.90 Å². The fourth-order valence-electron chi connectivity index (χ4n) is 3.90. The number of thioether (sulfide) groups is 1. The molecule has 0 bridgehead atoms. The normalized spacial score (nSPS) is 17.9. The number of amides is 1. The molecule has 1 amide bonds. The third kappa shape index (κ3) is 3.30. The summed E-state index contributed by atoms with van der Waals surface area (Å²) in [7, 11) is 0. The Morgan fingerprint density at radius 2 is 2.07 bits per heavy atom. The van der Waals surface area contributed by atoms with E-state index in [1.165, 1.54) is 28.6 Å². The largest absolute Gasteiger partial charge is 0.339 e. The highest BCUT2D eigenvalue weighted by molar-refractivity contribution is 7.99. The van der Waals surface area contributed by atoms with Crippen LogP contribution in [0, 0.1) is 13.8 Å². The van der Waals surface area contributed by atoms with Gasteiger partial charge in [-0.05, 0) is 45.6 Å². The topological polar surface area (TPSA) is 63.4 Å². The molecule has 0 radical (unpaired) electrons. The van der Waals surface area contributed by atoms with Crippen molar-refractivity contribution in [2.24, 2.45) is 0 Å². The number of carbonyl (C=O) groups excluding carboxylic acids is 1. The van der Waals surface area contributed by atoms with Crippen molar-refractivity contribution in [3.8, 4) is 0 Å². The number of aromatic nitrogens is 4. The van der Waals surface area contributed by atoms with Crippen molar-refractivity contribution >= 4 is 44.9 Å². The molecule has 0 unspecified atom stereocenters. The quantitative estimate of drug-likeness (QED) is 0.582. The van der Waals surface area contributed by atoms with Gasteiger partial charge in [0.2, 0.25) is 5.91 Å². The number of carbonyl (C=O) groups is 1. The minimum absolute atomic E-state index is 0.191. The number of aryl methyl sites for hydroxylation is 2. The first-order valence-electron chi connectivity index (χ1n) is 9.95. The van der Waals surface area contributed by atoms with Gasteiger partial charge in [0.15, 0.2) is 10.8 Å². The van der Waals surface area contributed by atoms with Gasteiger partial charge in [-0.1, -0.05) is 25.6 Å². The standard InChI is InChI=1S/C20H27N5OS2/c1-11(2)17-21-19-16(13(4)14(5)28-19)18-22-23-20(25(17)18)27-10-15(26)24-9-7-6-8-12(24)3/h11-12H,6-10H2,1-5H3/t12-/m0/s1. The average molecular weight is 418 g/mol. The van der Waals surface area contributed by atoms with Gasteiger partial charge in [-0.2, -0.15) is 0 Å². The number of rotatable bonds is 4. The summed E-state index contributed by atoms with van der Waals surface area (Å²) in [5.41, 5.74) is 2.08. The zero-order valence-electron chi connectivity index (χ0n) is 17.2. The van der Waals surface area contributed by atoms with Crippen molar-refractivity contribution in [2.75, 3.05) is 12.3 Å². The lowest BCUT2D eigenvalue weighted by molar-refractivity contribution is -0.131. The molecule has 0 aromatic carbocycles. The van der Waals surface area contributed by atoms with E-state index in [0.717, 1.165) is 46.2 Å². The Labute approximate surface area is 173 Å². The fourth-order valence-corrected chi connectivity index (χ4v) is 5.76. The van der Waals surface area contributed by atoms with Gasteiger partial charge in [0.05, 0.1) is 11.1 Å². The average Bonchev–Trinajstić information content (AvgIpc) is 3.20. The van der Waals surface area contributed by atoms with E-state index in [0.29, 0.717) is 11.8 Å². The van der Waals surface area contributed by atoms with Gasteiger partial charge in [-0.3, -0.25) is 9.20 Å². The van der Waals surface area contributed by atoms with E-state index in [-0.39, 0.29) is 11.8 Å². The van der Waals surface area contributed by atoms with Crippen molar-refractivity contribution in [3.05, 3.63) is 16.3 Å². The van der Waals surface area contributed by atoms with Crippen LogP contribution in [0.3, 0.4) is 0 Å². The smallest absolute Gasteiger partial charge is 0.233 e. The van der Waals surface area contributed by atoms with Crippen LogP contribution in [-0.2, 0) is 4.79 Å². The Balaban J connectivity index is 1.70. The molecule has 3 aromatic rings. The van der Waals surface area contributed by atoms with Crippen molar-refractivity contribution in [2.45, 2.75) is 71.0 Å². The van der Waals surface area contributed by atoms with Crippen LogP contribution in [0.1, 0.15) is 62.2 Å². The number of thiophene rings is 1. The van der Waals surface area contributed by atoms with E-state index in [1.807, 2.05) is 4.90 Å². The first-order valence-corrected chi connectivity index (χ1v) is 11.8. The summed E-state index contributed by atoms with van der Waals surface area (Å²) in [4.78, 5) is 22.0.